The predicted octanol–water partition coefficient (Wildman–Crippen LogP) is 5.64. The van der Waals surface area contributed by atoms with Crippen LogP contribution in [0.4, 0.5) is 11.4 Å². The van der Waals surface area contributed by atoms with Crippen LogP contribution in [0.2, 0.25) is 5.02 Å². The van der Waals surface area contributed by atoms with Crippen molar-refractivity contribution in [2.45, 2.75) is 4.90 Å². The van der Waals surface area contributed by atoms with Crippen molar-refractivity contribution in [2.24, 2.45) is 0 Å². The van der Waals surface area contributed by atoms with E-state index in [0.29, 0.717) is 27.0 Å². The molecule has 4 rings (SSSR count). The Labute approximate surface area is 195 Å². The molecule has 0 bridgehead atoms. The van der Waals surface area contributed by atoms with Gasteiger partial charge in [-0.25, -0.2) is 8.42 Å². The lowest BCUT2D eigenvalue weighted by molar-refractivity contribution is 0.103. The lowest BCUT2D eigenvalue weighted by Gasteiger charge is -2.19. The van der Waals surface area contributed by atoms with Crippen LogP contribution in [0.1, 0.15) is 9.67 Å². The Morgan fingerprint density at radius 3 is 2.50 bits per heavy atom. The number of hydrogen-bond acceptors (Lipinski definition) is 5. The van der Waals surface area contributed by atoms with Crippen LogP contribution in [-0.4, -0.2) is 28.5 Å². The van der Waals surface area contributed by atoms with Crippen molar-refractivity contribution in [3.8, 4) is 5.75 Å². The van der Waals surface area contributed by atoms with Gasteiger partial charge in [-0.15, -0.1) is 11.3 Å². The molecule has 0 aliphatic heterocycles. The predicted molar refractivity (Wildman–Crippen MR) is 130 cm³/mol. The van der Waals surface area contributed by atoms with E-state index in [1.165, 1.54) is 47.0 Å². The molecule has 1 N–H and O–H groups in total. The van der Waals surface area contributed by atoms with Crippen molar-refractivity contribution in [3.05, 3.63) is 82.7 Å². The minimum Gasteiger partial charge on any atom is -0.497 e. The first-order valence-electron chi connectivity index (χ1n) is 9.51. The molecule has 0 aliphatic carbocycles. The van der Waals surface area contributed by atoms with Crippen molar-refractivity contribution >= 4 is 60.3 Å². The zero-order valence-electron chi connectivity index (χ0n) is 17.2. The molecule has 1 amide bonds. The van der Waals surface area contributed by atoms with Crippen LogP contribution in [0.5, 0.6) is 5.75 Å². The Kier molecular flexibility index (Phi) is 6.10. The monoisotopic (exact) mass is 486 g/mol. The molecule has 0 radical (unpaired) electrons. The number of halogens is 1. The third-order valence-corrected chi connectivity index (χ3v) is 8.05. The molecular weight excluding hydrogens is 468 g/mol. The molecule has 1 heterocycles. The number of hydrogen-bond donors (Lipinski definition) is 1. The number of rotatable bonds is 6. The van der Waals surface area contributed by atoms with E-state index >= 15 is 0 Å². The summed E-state index contributed by atoms with van der Waals surface area (Å²) < 4.78 is 33.2. The molecule has 6 nitrogen and oxygen atoms in total. The van der Waals surface area contributed by atoms with E-state index in [2.05, 4.69) is 5.32 Å². The molecule has 4 aromatic rings. The Morgan fingerprint density at radius 2 is 1.78 bits per heavy atom. The van der Waals surface area contributed by atoms with Gasteiger partial charge < -0.3 is 10.1 Å². The van der Waals surface area contributed by atoms with Gasteiger partial charge in [-0.1, -0.05) is 17.7 Å². The third-order valence-electron chi connectivity index (χ3n) is 4.89. The molecule has 0 atom stereocenters. The number of anilines is 2. The van der Waals surface area contributed by atoms with Gasteiger partial charge in [0.15, 0.2) is 0 Å². The van der Waals surface area contributed by atoms with E-state index in [1.807, 2.05) is 6.07 Å². The summed E-state index contributed by atoms with van der Waals surface area (Å²) in [5, 5.41) is 4.10. The topological polar surface area (TPSA) is 75.7 Å². The van der Waals surface area contributed by atoms with Crippen LogP contribution in [0, 0.1) is 0 Å². The summed E-state index contributed by atoms with van der Waals surface area (Å²) in [5.74, 6) is 0.400. The second-order valence-electron chi connectivity index (χ2n) is 6.95. The number of carbonyl (C=O) groups is 1. The first-order valence-corrected chi connectivity index (χ1v) is 12.1. The molecule has 1 aromatic heterocycles. The number of nitrogens with one attached hydrogen (secondary N) is 1. The second-order valence-corrected chi connectivity index (χ2v) is 10.4. The molecule has 32 heavy (non-hydrogen) atoms. The van der Waals surface area contributed by atoms with Crippen LogP contribution < -0.4 is 14.4 Å². The molecule has 3 aromatic carbocycles. The van der Waals surface area contributed by atoms with E-state index in [1.54, 1.807) is 49.6 Å². The Bertz CT molecular complexity index is 1400. The largest absolute Gasteiger partial charge is 0.497 e. The first-order chi connectivity index (χ1) is 15.3. The van der Waals surface area contributed by atoms with Crippen molar-refractivity contribution in [2.75, 3.05) is 23.8 Å². The van der Waals surface area contributed by atoms with Gasteiger partial charge in [-0.05, 0) is 66.0 Å². The molecule has 0 unspecified atom stereocenters. The molecule has 0 spiro atoms. The number of amides is 1. The summed E-state index contributed by atoms with van der Waals surface area (Å²) in [4.78, 5) is 13.4. The molecule has 9 heteroatoms. The molecular formula is C23H19ClN2O4S2. The fourth-order valence-corrected chi connectivity index (χ4v) is 5.39. The van der Waals surface area contributed by atoms with Gasteiger partial charge in [-0.2, -0.15) is 0 Å². The van der Waals surface area contributed by atoms with E-state index in [-0.39, 0.29) is 10.8 Å². The number of thiophene rings is 1. The fraction of sp³-hybridized carbons (Fsp3) is 0.0870. The van der Waals surface area contributed by atoms with Gasteiger partial charge in [0, 0.05) is 28.5 Å². The fourth-order valence-electron chi connectivity index (χ4n) is 3.14. The van der Waals surface area contributed by atoms with Crippen LogP contribution in [0.15, 0.2) is 77.7 Å². The average molecular weight is 487 g/mol. The van der Waals surface area contributed by atoms with E-state index in [0.717, 1.165) is 10.1 Å². The SMILES string of the molecule is COc1cccc(NC(=O)c2cc3cc(N(C)S(=O)(=O)c4ccc(Cl)cc4)ccc3s2)c1. The Hall–Kier alpha value is -3.07. The Morgan fingerprint density at radius 1 is 1.03 bits per heavy atom. The zero-order chi connectivity index (χ0) is 22.9. The maximum absolute atomic E-state index is 13.0. The number of fused-ring (bicyclic) bond motifs is 1. The second kappa shape index (κ2) is 8.82. The average Bonchev–Trinajstić information content (AvgIpc) is 3.22. The quantitative estimate of drug-likeness (QED) is 0.382. The minimum atomic E-state index is -3.75. The Balaban J connectivity index is 1.59. The number of nitrogens with zero attached hydrogens (tertiary/aromatic N) is 1. The van der Waals surface area contributed by atoms with Crippen LogP contribution in [0.25, 0.3) is 10.1 Å². The van der Waals surface area contributed by atoms with E-state index < -0.39 is 10.0 Å². The highest BCUT2D eigenvalue weighted by molar-refractivity contribution is 7.92. The van der Waals surface area contributed by atoms with Crippen LogP contribution >= 0.6 is 22.9 Å². The summed E-state index contributed by atoms with van der Waals surface area (Å²) in [6.07, 6.45) is 0. The highest BCUT2D eigenvalue weighted by Crippen LogP contribution is 2.32. The molecule has 0 aliphatic rings. The summed E-state index contributed by atoms with van der Waals surface area (Å²) >= 11 is 7.21. The number of methoxy groups -OCH3 is 1. The normalized spacial score (nSPS) is 11.3. The van der Waals surface area contributed by atoms with Crippen LogP contribution in [0.3, 0.4) is 0 Å². The molecule has 164 valence electrons. The van der Waals surface area contributed by atoms with Gasteiger partial charge in [0.1, 0.15) is 5.75 Å². The van der Waals surface area contributed by atoms with Gasteiger partial charge in [0.05, 0.1) is 22.6 Å². The maximum atomic E-state index is 13.0. The number of benzene rings is 3. The molecule has 0 fully saturated rings. The summed E-state index contributed by atoms with van der Waals surface area (Å²) in [6.45, 7) is 0. The lowest BCUT2D eigenvalue weighted by atomic mass is 10.2. The van der Waals surface area contributed by atoms with Crippen molar-refractivity contribution in [1.29, 1.82) is 0 Å². The number of carbonyl (C=O) groups excluding carboxylic acids is 1. The highest BCUT2D eigenvalue weighted by atomic mass is 35.5. The lowest BCUT2D eigenvalue weighted by Crippen LogP contribution is -2.26. The summed E-state index contributed by atoms with van der Waals surface area (Å²) in [5.41, 5.74) is 1.12. The van der Waals surface area contributed by atoms with Gasteiger partial charge in [0.25, 0.3) is 15.9 Å². The molecule has 0 saturated heterocycles. The number of ether oxygens (including phenoxy) is 1. The zero-order valence-corrected chi connectivity index (χ0v) is 19.6. The van der Waals surface area contributed by atoms with Crippen molar-refractivity contribution in [3.63, 3.8) is 0 Å². The number of sulfonamides is 1. The molecule has 0 saturated carbocycles. The van der Waals surface area contributed by atoms with Gasteiger partial charge >= 0.3 is 0 Å². The summed E-state index contributed by atoms with van der Waals surface area (Å²) in [7, 11) is -0.689. The smallest absolute Gasteiger partial charge is 0.265 e. The maximum Gasteiger partial charge on any atom is 0.265 e. The van der Waals surface area contributed by atoms with Gasteiger partial charge in [0.2, 0.25) is 0 Å². The first kappa shape index (κ1) is 22.1. The third kappa shape index (κ3) is 4.43. The van der Waals surface area contributed by atoms with Crippen LogP contribution in [-0.2, 0) is 10.0 Å². The minimum absolute atomic E-state index is 0.146. The highest BCUT2D eigenvalue weighted by Gasteiger charge is 2.22. The summed E-state index contributed by atoms with van der Waals surface area (Å²) in [6, 6.07) is 20.2. The van der Waals surface area contributed by atoms with Crippen molar-refractivity contribution in [1.82, 2.24) is 0 Å². The standard InChI is InChI=1S/C23H19ClN2O4S2/c1-26(32(28,29)20-9-6-16(24)7-10-20)18-8-11-21-15(12-18)13-22(31-21)23(27)25-17-4-3-5-19(14-17)30-2/h3-14H,1-2H3,(H,25,27). The van der Waals surface area contributed by atoms with Crippen molar-refractivity contribution < 1.29 is 17.9 Å². The van der Waals surface area contributed by atoms with E-state index in [9.17, 15) is 13.2 Å². The van der Waals surface area contributed by atoms with E-state index in [4.69, 9.17) is 16.3 Å². The van der Waals surface area contributed by atoms with Gasteiger partial charge in [-0.3, -0.25) is 9.10 Å².